The Labute approximate surface area is 120 Å². The number of fused-ring (bicyclic) bond motifs is 1. The van der Waals surface area contributed by atoms with Crippen molar-refractivity contribution in [1.29, 1.82) is 0 Å². The van der Waals surface area contributed by atoms with Crippen LogP contribution < -0.4 is 9.80 Å². The van der Waals surface area contributed by atoms with Crippen molar-refractivity contribution in [3.8, 4) is 0 Å². The van der Waals surface area contributed by atoms with E-state index in [1.165, 1.54) is 16.2 Å². The smallest absolute Gasteiger partial charge is 0.292 e. The molecule has 0 radical (unpaired) electrons. The summed E-state index contributed by atoms with van der Waals surface area (Å²) in [6.07, 6.45) is 7.51. The molecule has 1 N–H and O–H groups in total. The quantitative estimate of drug-likeness (QED) is 0.881. The summed E-state index contributed by atoms with van der Waals surface area (Å²) in [4.78, 5) is 24.5. The van der Waals surface area contributed by atoms with Crippen molar-refractivity contribution in [3.05, 3.63) is 41.7 Å². The molecule has 6 heteroatoms. The lowest BCUT2D eigenvalue weighted by molar-refractivity contribution is -0.924. The summed E-state index contributed by atoms with van der Waals surface area (Å²) in [5.41, 5.74) is 1.09. The van der Waals surface area contributed by atoms with E-state index in [4.69, 9.17) is 0 Å². The van der Waals surface area contributed by atoms with Crippen LogP contribution in [0.2, 0.25) is 0 Å². The summed E-state index contributed by atoms with van der Waals surface area (Å²) in [6.45, 7) is 1.04. The van der Waals surface area contributed by atoms with E-state index < -0.39 is 0 Å². The van der Waals surface area contributed by atoms with Gasteiger partial charge in [-0.1, -0.05) is 0 Å². The molecule has 4 heterocycles. The first-order valence-electron chi connectivity index (χ1n) is 6.84. The van der Waals surface area contributed by atoms with E-state index in [0.29, 0.717) is 0 Å². The van der Waals surface area contributed by atoms with Gasteiger partial charge in [0.15, 0.2) is 11.2 Å². The number of rotatable bonds is 2. The van der Waals surface area contributed by atoms with E-state index in [-0.39, 0.29) is 18.1 Å². The number of hydrogen-bond acceptors (Lipinski definition) is 4. The van der Waals surface area contributed by atoms with E-state index in [1.54, 1.807) is 12.4 Å². The Morgan fingerprint density at radius 1 is 1.40 bits per heavy atom. The van der Waals surface area contributed by atoms with Crippen molar-refractivity contribution >= 4 is 22.4 Å². The fraction of sp³-hybridized carbons (Fsp3) is 0.357. The molecule has 2 aliphatic heterocycles. The summed E-state index contributed by atoms with van der Waals surface area (Å²) in [5.74, 6) is 0.210. The van der Waals surface area contributed by atoms with Gasteiger partial charge in [-0.3, -0.25) is 9.78 Å². The van der Waals surface area contributed by atoms with Crippen LogP contribution in [0, 0.1) is 0 Å². The number of anilines is 1. The molecule has 2 aromatic rings. The van der Waals surface area contributed by atoms with E-state index in [0.717, 1.165) is 30.1 Å². The lowest BCUT2D eigenvalue weighted by Crippen LogP contribution is -3.12. The second kappa shape index (κ2) is 4.64. The SMILES string of the molecule is O=C1C2CCC[NH+]2C(c2cccnc2)N1c1nccs1. The van der Waals surface area contributed by atoms with Crippen LogP contribution in [0.15, 0.2) is 36.1 Å². The maximum Gasteiger partial charge on any atom is 0.292 e. The molecule has 0 aromatic carbocycles. The number of nitrogens with zero attached hydrogens (tertiary/aromatic N) is 3. The van der Waals surface area contributed by atoms with Crippen LogP contribution in [-0.4, -0.2) is 28.5 Å². The van der Waals surface area contributed by atoms with Crippen LogP contribution in [-0.2, 0) is 4.79 Å². The Bertz CT molecular complexity index is 615. The standard InChI is InChI=1S/C14H14N4OS/c19-13-11-4-2-7-17(11)12(10-3-1-5-15-9-10)18(13)14-16-6-8-20-14/h1,3,5-6,8-9,11-12H,2,4,7H2/p+1. The molecule has 102 valence electrons. The average molecular weight is 287 g/mol. The molecule has 1 amide bonds. The molecule has 20 heavy (non-hydrogen) atoms. The summed E-state index contributed by atoms with van der Waals surface area (Å²) in [7, 11) is 0. The van der Waals surface area contributed by atoms with Gasteiger partial charge in [-0.05, 0) is 12.1 Å². The number of quaternary nitrogens is 1. The van der Waals surface area contributed by atoms with Crippen molar-refractivity contribution < 1.29 is 9.69 Å². The first kappa shape index (κ1) is 12.0. The van der Waals surface area contributed by atoms with Gasteiger partial charge in [0, 0.05) is 36.8 Å². The Morgan fingerprint density at radius 2 is 2.35 bits per heavy atom. The van der Waals surface area contributed by atoms with Crippen LogP contribution in [0.4, 0.5) is 5.13 Å². The highest BCUT2D eigenvalue weighted by Gasteiger charge is 2.54. The second-order valence-corrected chi connectivity index (χ2v) is 6.10. The fourth-order valence-corrected chi connectivity index (χ4v) is 4.05. The van der Waals surface area contributed by atoms with Gasteiger partial charge in [-0.15, -0.1) is 11.3 Å². The van der Waals surface area contributed by atoms with Crippen LogP contribution >= 0.6 is 11.3 Å². The Hall–Kier alpha value is -1.79. The van der Waals surface area contributed by atoms with Crippen molar-refractivity contribution in [3.63, 3.8) is 0 Å². The van der Waals surface area contributed by atoms with Gasteiger partial charge in [-0.25, -0.2) is 9.88 Å². The minimum absolute atomic E-state index is 0.0230. The van der Waals surface area contributed by atoms with E-state index >= 15 is 0 Å². The lowest BCUT2D eigenvalue weighted by Gasteiger charge is -2.24. The first-order valence-corrected chi connectivity index (χ1v) is 7.72. The van der Waals surface area contributed by atoms with Gasteiger partial charge in [0.05, 0.1) is 12.1 Å². The molecule has 2 fully saturated rings. The van der Waals surface area contributed by atoms with Gasteiger partial charge >= 0.3 is 0 Å². The topological polar surface area (TPSA) is 50.5 Å². The molecule has 2 aromatic heterocycles. The number of carbonyl (C=O) groups excluding carboxylic acids is 1. The number of nitrogens with one attached hydrogen (secondary N) is 1. The van der Waals surface area contributed by atoms with Crippen molar-refractivity contribution in [2.24, 2.45) is 0 Å². The zero-order valence-corrected chi connectivity index (χ0v) is 11.7. The highest BCUT2D eigenvalue weighted by atomic mass is 32.1. The number of thiazole rings is 1. The third-order valence-corrected chi connectivity index (χ3v) is 4.95. The summed E-state index contributed by atoms with van der Waals surface area (Å²) >= 11 is 1.52. The molecule has 3 unspecified atom stereocenters. The molecule has 5 nitrogen and oxygen atoms in total. The minimum Gasteiger partial charge on any atom is -0.301 e. The third-order valence-electron chi connectivity index (χ3n) is 4.18. The second-order valence-electron chi connectivity index (χ2n) is 5.23. The Balaban J connectivity index is 1.81. The lowest BCUT2D eigenvalue weighted by atomic mass is 10.2. The van der Waals surface area contributed by atoms with Gasteiger partial charge in [0.25, 0.3) is 5.91 Å². The summed E-state index contributed by atoms with van der Waals surface area (Å²) in [5, 5.41) is 2.72. The zero-order valence-electron chi connectivity index (χ0n) is 10.9. The molecule has 0 spiro atoms. The molecule has 3 atom stereocenters. The van der Waals surface area contributed by atoms with E-state index in [2.05, 4.69) is 16.0 Å². The van der Waals surface area contributed by atoms with Crippen molar-refractivity contribution in [1.82, 2.24) is 9.97 Å². The van der Waals surface area contributed by atoms with Gasteiger partial charge in [-0.2, -0.15) is 0 Å². The Morgan fingerprint density at radius 3 is 3.10 bits per heavy atom. The van der Waals surface area contributed by atoms with E-state index in [9.17, 15) is 4.79 Å². The predicted molar refractivity (Wildman–Crippen MR) is 75.4 cm³/mol. The molecule has 0 bridgehead atoms. The summed E-state index contributed by atoms with van der Waals surface area (Å²) < 4.78 is 0. The first-order chi connectivity index (χ1) is 9.86. The maximum atomic E-state index is 12.7. The number of aromatic nitrogens is 2. The monoisotopic (exact) mass is 287 g/mol. The Kier molecular flexibility index (Phi) is 2.78. The average Bonchev–Trinajstić information content (AvgIpc) is 3.18. The number of pyridine rings is 1. The molecule has 2 saturated heterocycles. The number of carbonyl (C=O) groups is 1. The van der Waals surface area contributed by atoms with Crippen LogP contribution in [0.3, 0.4) is 0 Å². The fourth-order valence-electron chi connectivity index (χ4n) is 3.38. The van der Waals surface area contributed by atoms with Gasteiger partial charge in [0.2, 0.25) is 6.17 Å². The molecule has 0 aliphatic carbocycles. The molecule has 2 aliphatic rings. The van der Waals surface area contributed by atoms with Crippen molar-refractivity contribution in [2.45, 2.75) is 25.0 Å². The molecule has 4 rings (SSSR count). The predicted octanol–water partition coefficient (Wildman–Crippen LogP) is 0.631. The number of amides is 1. The van der Waals surface area contributed by atoms with Crippen LogP contribution in [0.5, 0.6) is 0 Å². The maximum absolute atomic E-state index is 12.7. The van der Waals surface area contributed by atoms with Crippen LogP contribution in [0.1, 0.15) is 24.6 Å². The molecular formula is C14H15N4OS+. The normalized spacial score (nSPS) is 28.9. The van der Waals surface area contributed by atoms with Crippen LogP contribution in [0.25, 0.3) is 0 Å². The highest BCUT2D eigenvalue weighted by molar-refractivity contribution is 7.13. The molecule has 0 saturated carbocycles. The van der Waals surface area contributed by atoms with Crippen molar-refractivity contribution in [2.75, 3.05) is 11.4 Å². The third kappa shape index (κ3) is 1.68. The highest BCUT2D eigenvalue weighted by Crippen LogP contribution is 2.31. The van der Waals surface area contributed by atoms with Gasteiger partial charge in [0.1, 0.15) is 0 Å². The minimum atomic E-state index is 0.0230. The van der Waals surface area contributed by atoms with E-state index in [1.807, 2.05) is 22.5 Å². The van der Waals surface area contributed by atoms with Gasteiger partial charge < -0.3 is 4.90 Å². The zero-order chi connectivity index (χ0) is 13.5. The number of hydrogen-bond donors (Lipinski definition) is 1. The summed E-state index contributed by atoms with van der Waals surface area (Å²) in [6, 6.07) is 4.08. The molecular weight excluding hydrogens is 272 g/mol. The largest absolute Gasteiger partial charge is 0.301 e.